The van der Waals surface area contributed by atoms with Gasteiger partial charge in [-0.3, -0.25) is 4.68 Å². The molecule has 0 fully saturated rings. The van der Waals surface area contributed by atoms with Gasteiger partial charge < -0.3 is 10.4 Å². The van der Waals surface area contributed by atoms with Crippen LogP contribution in [-0.2, 0) is 13.1 Å². The molecule has 0 aliphatic rings. The maximum atomic E-state index is 12.2. The molecule has 1 aromatic heterocycles. The van der Waals surface area contributed by atoms with E-state index in [1.165, 1.54) is 12.1 Å². The van der Waals surface area contributed by atoms with Crippen LogP contribution in [-0.4, -0.2) is 27.0 Å². The van der Waals surface area contributed by atoms with Crippen molar-refractivity contribution < 1.29 is 18.3 Å². The number of aromatic nitrogens is 2. The summed E-state index contributed by atoms with van der Waals surface area (Å²) < 4.78 is 38.2. The Kier molecular flexibility index (Phi) is 5.13. The van der Waals surface area contributed by atoms with Crippen molar-refractivity contribution in [1.29, 1.82) is 0 Å². The summed E-state index contributed by atoms with van der Waals surface area (Å²) >= 11 is -0.132. The first-order valence-electron chi connectivity index (χ1n) is 6.18. The highest BCUT2D eigenvalue weighted by Crippen LogP contribution is 2.37. The molecule has 114 valence electrons. The Morgan fingerprint density at radius 3 is 2.57 bits per heavy atom. The van der Waals surface area contributed by atoms with Gasteiger partial charge in [-0.25, -0.2) is 0 Å². The van der Waals surface area contributed by atoms with Gasteiger partial charge in [0.1, 0.15) is 0 Å². The number of alkyl halides is 3. The van der Waals surface area contributed by atoms with Crippen molar-refractivity contribution in [3.63, 3.8) is 0 Å². The van der Waals surface area contributed by atoms with Crippen LogP contribution in [0.3, 0.4) is 0 Å². The molecular weight excluding hydrogens is 303 g/mol. The Balaban J connectivity index is 1.88. The number of aliphatic hydroxyl groups is 1. The molecule has 0 unspecified atom stereocenters. The molecule has 2 N–H and O–H groups in total. The van der Waals surface area contributed by atoms with E-state index in [9.17, 15) is 13.2 Å². The van der Waals surface area contributed by atoms with Crippen molar-refractivity contribution in [3.05, 3.63) is 42.2 Å². The summed E-state index contributed by atoms with van der Waals surface area (Å²) in [5.41, 5.74) is -2.61. The molecule has 0 saturated heterocycles. The van der Waals surface area contributed by atoms with E-state index in [1.54, 1.807) is 29.2 Å². The highest BCUT2D eigenvalue weighted by atomic mass is 32.2. The molecule has 4 nitrogen and oxygen atoms in total. The molecule has 0 aliphatic carbocycles. The molecule has 1 heterocycles. The molecule has 2 rings (SSSR count). The third-order valence-electron chi connectivity index (χ3n) is 2.60. The Bertz CT molecular complexity index is 569. The molecule has 0 spiro atoms. The largest absolute Gasteiger partial charge is 0.446 e. The summed E-state index contributed by atoms with van der Waals surface area (Å²) in [6.07, 6.45) is 3.48. The van der Waals surface area contributed by atoms with Crippen molar-refractivity contribution in [2.45, 2.75) is 23.5 Å². The van der Waals surface area contributed by atoms with E-state index in [2.05, 4.69) is 10.4 Å². The second-order valence-electron chi connectivity index (χ2n) is 4.26. The van der Waals surface area contributed by atoms with E-state index in [0.717, 1.165) is 11.3 Å². The van der Waals surface area contributed by atoms with Crippen LogP contribution in [0.4, 0.5) is 18.9 Å². The van der Waals surface area contributed by atoms with E-state index >= 15 is 0 Å². The first-order valence-corrected chi connectivity index (χ1v) is 7.00. The maximum Gasteiger partial charge on any atom is 0.446 e. The lowest BCUT2D eigenvalue weighted by Gasteiger charge is -2.08. The molecule has 0 radical (unpaired) electrons. The lowest BCUT2D eigenvalue weighted by atomic mass is 10.3. The minimum Gasteiger partial charge on any atom is -0.394 e. The van der Waals surface area contributed by atoms with Gasteiger partial charge in [0.2, 0.25) is 0 Å². The van der Waals surface area contributed by atoms with Crippen LogP contribution in [0.15, 0.2) is 41.6 Å². The minimum atomic E-state index is -4.27. The summed E-state index contributed by atoms with van der Waals surface area (Å²) in [6.45, 7) is 0.966. The highest BCUT2D eigenvalue weighted by Gasteiger charge is 2.28. The van der Waals surface area contributed by atoms with Crippen LogP contribution in [0.2, 0.25) is 0 Å². The van der Waals surface area contributed by atoms with Crippen LogP contribution in [0.1, 0.15) is 5.56 Å². The SMILES string of the molecule is OCCn1cc(CNc2ccc(SC(F)(F)F)cc2)cn1. The standard InChI is InChI=1S/C13H14F3N3OS/c14-13(15,16)21-12-3-1-11(2-4-12)17-7-10-8-18-19(9-10)5-6-20/h1-4,8-9,17,20H,5-7H2. The maximum absolute atomic E-state index is 12.2. The highest BCUT2D eigenvalue weighted by molar-refractivity contribution is 8.00. The van der Waals surface area contributed by atoms with Gasteiger partial charge in [-0.05, 0) is 36.0 Å². The van der Waals surface area contributed by atoms with Gasteiger partial charge in [0.15, 0.2) is 0 Å². The van der Waals surface area contributed by atoms with Crippen molar-refractivity contribution in [2.24, 2.45) is 0 Å². The quantitative estimate of drug-likeness (QED) is 0.804. The lowest BCUT2D eigenvalue weighted by molar-refractivity contribution is -0.0328. The van der Waals surface area contributed by atoms with Gasteiger partial charge in [-0.15, -0.1) is 0 Å². The first kappa shape index (κ1) is 15.7. The van der Waals surface area contributed by atoms with Gasteiger partial charge in [-0.1, -0.05) is 0 Å². The molecule has 0 aliphatic heterocycles. The molecular formula is C13H14F3N3OS. The number of anilines is 1. The third kappa shape index (κ3) is 5.31. The van der Waals surface area contributed by atoms with E-state index in [-0.39, 0.29) is 23.3 Å². The predicted molar refractivity (Wildman–Crippen MR) is 75.0 cm³/mol. The first-order chi connectivity index (χ1) is 9.96. The molecule has 0 atom stereocenters. The number of hydrogen-bond donors (Lipinski definition) is 2. The number of hydrogen-bond acceptors (Lipinski definition) is 4. The van der Waals surface area contributed by atoms with Crippen molar-refractivity contribution in [3.8, 4) is 0 Å². The van der Waals surface area contributed by atoms with Crippen LogP contribution in [0, 0.1) is 0 Å². The van der Waals surface area contributed by atoms with Gasteiger partial charge in [0, 0.05) is 28.9 Å². The van der Waals surface area contributed by atoms with Gasteiger partial charge in [-0.2, -0.15) is 18.3 Å². The molecule has 0 amide bonds. The summed E-state index contributed by atoms with van der Waals surface area (Å²) in [4.78, 5) is 0.156. The number of benzene rings is 1. The number of thioether (sulfide) groups is 1. The van der Waals surface area contributed by atoms with Gasteiger partial charge >= 0.3 is 5.51 Å². The zero-order valence-electron chi connectivity index (χ0n) is 11.0. The molecule has 21 heavy (non-hydrogen) atoms. The fourth-order valence-electron chi connectivity index (χ4n) is 1.70. The molecule has 8 heteroatoms. The Morgan fingerprint density at radius 2 is 1.95 bits per heavy atom. The number of aliphatic hydroxyl groups excluding tert-OH is 1. The van der Waals surface area contributed by atoms with Crippen molar-refractivity contribution >= 4 is 17.4 Å². The van der Waals surface area contributed by atoms with Crippen LogP contribution < -0.4 is 5.32 Å². The Morgan fingerprint density at radius 1 is 1.24 bits per heavy atom. The summed E-state index contributed by atoms with van der Waals surface area (Å²) in [6, 6.07) is 6.06. The average molecular weight is 317 g/mol. The number of nitrogens with zero attached hydrogens (tertiary/aromatic N) is 2. The van der Waals surface area contributed by atoms with Crippen LogP contribution in [0.5, 0.6) is 0 Å². The van der Waals surface area contributed by atoms with Crippen LogP contribution in [0.25, 0.3) is 0 Å². The van der Waals surface area contributed by atoms with E-state index in [0.29, 0.717) is 13.1 Å². The fourth-order valence-corrected chi connectivity index (χ4v) is 2.24. The summed E-state index contributed by atoms with van der Waals surface area (Å²) in [7, 11) is 0. The normalized spacial score (nSPS) is 11.6. The minimum absolute atomic E-state index is 0.0207. The van der Waals surface area contributed by atoms with Crippen LogP contribution >= 0.6 is 11.8 Å². The number of nitrogens with one attached hydrogen (secondary N) is 1. The molecule has 0 bridgehead atoms. The predicted octanol–water partition coefficient (Wildman–Crippen LogP) is 3.10. The van der Waals surface area contributed by atoms with E-state index in [4.69, 9.17) is 5.11 Å². The lowest BCUT2D eigenvalue weighted by Crippen LogP contribution is -2.02. The van der Waals surface area contributed by atoms with E-state index in [1.807, 2.05) is 0 Å². The van der Waals surface area contributed by atoms with Crippen molar-refractivity contribution in [1.82, 2.24) is 9.78 Å². The zero-order valence-corrected chi connectivity index (χ0v) is 11.8. The average Bonchev–Trinajstić information content (AvgIpc) is 2.84. The van der Waals surface area contributed by atoms with Gasteiger partial charge in [0.25, 0.3) is 0 Å². The molecule has 2 aromatic rings. The second kappa shape index (κ2) is 6.86. The molecule has 1 aromatic carbocycles. The summed E-state index contributed by atoms with van der Waals surface area (Å²) in [5, 5.41) is 15.9. The monoisotopic (exact) mass is 317 g/mol. The fraction of sp³-hybridized carbons (Fsp3) is 0.308. The topological polar surface area (TPSA) is 50.1 Å². The Labute approximate surface area is 124 Å². The molecule has 0 saturated carbocycles. The third-order valence-corrected chi connectivity index (χ3v) is 3.34. The number of halogens is 3. The second-order valence-corrected chi connectivity index (χ2v) is 5.40. The van der Waals surface area contributed by atoms with E-state index < -0.39 is 5.51 Å². The number of rotatable bonds is 6. The smallest absolute Gasteiger partial charge is 0.394 e. The Hall–Kier alpha value is -1.67. The van der Waals surface area contributed by atoms with Crippen molar-refractivity contribution in [2.75, 3.05) is 11.9 Å². The summed E-state index contributed by atoms with van der Waals surface area (Å²) in [5.74, 6) is 0. The zero-order chi connectivity index (χ0) is 15.3. The van der Waals surface area contributed by atoms with Gasteiger partial charge in [0.05, 0.1) is 19.3 Å².